The molecule has 0 aliphatic carbocycles. The molecule has 0 spiro atoms. The van der Waals surface area contributed by atoms with Crippen molar-refractivity contribution in [3.05, 3.63) is 18.2 Å². The van der Waals surface area contributed by atoms with Gasteiger partial charge >= 0.3 is 0 Å². The summed E-state index contributed by atoms with van der Waals surface area (Å²) < 4.78 is 60.2. The molecule has 0 aliphatic heterocycles. The average molecular weight is 270 g/mol. The molecule has 15 heavy (non-hydrogen) atoms. The largest absolute Gasteiger partial charge is 0.295 e. The molecule has 0 bridgehead atoms. The van der Waals surface area contributed by atoms with Crippen LogP contribution in [0.1, 0.15) is 0 Å². The van der Waals surface area contributed by atoms with Crippen molar-refractivity contribution in [1.29, 1.82) is 0 Å². The van der Waals surface area contributed by atoms with E-state index in [4.69, 9.17) is 9.11 Å². The van der Waals surface area contributed by atoms with Gasteiger partial charge in [0.15, 0.2) is 0 Å². The highest BCUT2D eigenvalue weighted by Crippen LogP contribution is 2.14. The molecule has 1 atom stereocenters. The first-order valence-electron chi connectivity index (χ1n) is 3.47. The van der Waals surface area contributed by atoms with E-state index in [2.05, 4.69) is 0 Å². The minimum absolute atomic E-state index is 0.0485. The number of hydrogen-bond acceptors (Lipinski definition) is 4. The second-order valence-electron chi connectivity index (χ2n) is 2.65. The van der Waals surface area contributed by atoms with Crippen LogP contribution in [-0.2, 0) is 20.2 Å². The highest BCUT2D eigenvalue weighted by atomic mass is 32.2. The highest BCUT2D eigenvalue weighted by Gasteiger charge is 2.17. The lowest BCUT2D eigenvalue weighted by molar-refractivity contribution is 0.479. The molecule has 0 saturated carbocycles. The summed E-state index contributed by atoms with van der Waals surface area (Å²) in [4.78, 5) is -0.875. The molecule has 1 unspecified atom stereocenters. The Balaban J connectivity index is 3.47. The Bertz CT molecular complexity index is 588. The third-order valence-electron chi connectivity index (χ3n) is 1.56. The van der Waals surface area contributed by atoms with E-state index in [1.54, 1.807) is 0 Å². The summed E-state index contributed by atoms with van der Waals surface area (Å²) in [6.45, 7) is 0. The van der Waals surface area contributed by atoms with Crippen LogP contribution in [0, 0.1) is 0 Å². The molecule has 1 rings (SSSR count). The van der Waals surface area contributed by atoms with E-state index < -0.39 is 30.0 Å². The molecular formula is C6H7O6PS2. The number of rotatable bonds is 2. The first kappa shape index (κ1) is 12.5. The fourth-order valence-corrected chi connectivity index (χ4v) is 2.88. The van der Waals surface area contributed by atoms with Crippen molar-refractivity contribution >= 4 is 34.8 Å². The van der Waals surface area contributed by atoms with Crippen molar-refractivity contribution in [1.82, 2.24) is 0 Å². The van der Waals surface area contributed by atoms with Crippen LogP contribution in [0.3, 0.4) is 0 Å². The quantitative estimate of drug-likeness (QED) is 0.563. The van der Waals surface area contributed by atoms with E-state index in [9.17, 15) is 16.8 Å². The Morgan fingerprint density at radius 2 is 1.53 bits per heavy atom. The molecule has 0 heterocycles. The lowest BCUT2D eigenvalue weighted by Gasteiger charge is -2.03. The van der Waals surface area contributed by atoms with Crippen LogP contribution in [0.4, 0.5) is 0 Å². The topological polar surface area (TPSA) is 109 Å². The summed E-state index contributed by atoms with van der Waals surface area (Å²) in [5.74, 6) is 0. The third kappa shape index (κ3) is 2.96. The van der Waals surface area contributed by atoms with Gasteiger partial charge in [-0.1, -0.05) is 0 Å². The average Bonchev–Trinajstić information content (AvgIpc) is 1.99. The van der Waals surface area contributed by atoms with Gasteiger partial charge in [-0.05, 0) is 23.5 Å². The zero-order valence-corrected chi connectivity index (χ0v) is 9.94. The molecule has 2 N–H and O–H groups in total. The second kappa shape index (κ2) is 3.80. The van der Waals surface area contributed by atoms with Crippen molar-refractivity contribution in [2.24, 2.45) is 0 Å². The van der Waals surface area contributed by atoms with Gasteiger partial charge in [-0.25, -0.2) is 0 Å². The molecule has 6 nitrogen and oxygen atoms in total. The molecule has 84 valence electrons. The van der Waals surface area contributed by atoms with Crippen LogP contribution >= 0.6 is 9.24 Å². The van der Waals surface area contributed by atoms with E-state index in [1.807, 2.05) is 9.24 Å². The molecule has 0 aromatic heterocycles. The van der Waals surface area contributed by atoms with Gasteiger partial charge in [0.1, 0.15) is 4.90 Å². The molecule has 0 saturated heterocycles. The summed E-state index contributed by atoms with van der Waals surface area (Å²) in [6.07, 6.45) is 0. The Morgan fingerprint density at radius 1 is 1.00 bits per heavy atom. The molecule has 0 fully saturated rings. The highest BCUT2D eigenvalue weighted by molar-refractivity contribution is 7.86. The third-order valence-corrected chi connectivity index (χ3v) is 4.02. The predicted molar refractivity (Wildman–Crippen MR) is 55.4 cm³/mol. The van der Waals surface area contributed by atoms with E-state index in [-0.39, 0.29) is 5.30 Å². The van der Waals surface area contributed by atoms with Crippen LogP contribution in [0.25, 0.3) is 0 Å². The smallest absolute Gasteiger partial charge is 0.282 e. The molecule has 9 heteroatoms. The Morgan fingerprint density at radius 3 is 1.87 bits per heavy atom. The summed E-state index contributed by atoms with van der Waals surface area (Å²) in [5, 5.41) is -0.0485. The van der Waals surface area contributed by atoms with Crippen molar-refractivity contribution in [2.75, 3.05) is 0 Å². The van der Waals surface area contributed by atoms with Crippen molar-refractivity contribution in [3.63, 3.8) is 0 Å². The Kier molecular flexibility index (Phi) is 3.18. The van der Waals surface area contributed by atoms with E-state index >= 15 is 0 Å². The molecule has 1 aromatic rings. The van der Waals surface area contributed by atoms with Crippen molar-refractivity contribution in [3.8, 4) is 0 Å². The van der Waals surface area contributed by atoms with Gasteiger partial charge in [-0.2, -0.15) is 16.8 Å². The normalized spacial score (nSPS) is 12.7. The SMILES string of the molecule is O=S(=O)(O)c1ccc(S(=O)(=O)O)c(P)c1. The second-order valence-corrected chi connectivity index (χ2v) is 6.08. The Labute approximate surface area is 89.0 Å². The maximum atomic E-state index is 10.7. The summed E-state index contributed by atoms with van der Waals surface area (Å²) in [5.41, 5.74) is 0. The van der Waals surface area contributed by atoms with E-state index in [0.717, 1.165) is 18.2 Å². The van der Waals surface area contributed by atoms with Gasteiger partial charge in [0.25, 0.3) is 20.2 Å². The summed E-state index contributed by atoms with van der Waals surface area (Å²) in [7, 11) is -6.82. The van der Waals surface area contributed by atoms with Crippen LogP contribution in [-0.4, -0.2) is 25.9 Å². The van der Waals surface area contributed by atoms with E-state index in [0.29, 0.717) is 0 Å². The standard InChI is InChI=1S/C6H7O6PS2/c7-14(8,9)4-1-2-6(5(13)3-4)15(10,11)12/h1-3H,13H2,(H,7,8,9)(H,10,11,12). The van der Waals surface area contributed by atoms with Gasteiger partial charge < -0.3 is 0 Å². The van der Waals surface area contributed by atoms with Crippen LogP contribution in [0.15, 0.2) is 28.0 Å². The Hall–Kier alpha value is -0.530. The summed E-state index contributed by atoms with van der Waals surface area (Å²) >= 11 is 0. The zero-order chi connectivity index (χ0) is 11.9. The fourth-order valence-electron chi connectivity index (χ4n) is 0.922. The first-order chi connectivity index (χ1) is 6.62. The monoisotopic (exact) mass is 270 g/mol. The van der Waals surface area contributed by atoms with E-state index in [1.165, 1.54) is 0 Å². The molecule has 0 radical (unpaired) electrons. The molecular weight excluding hydrogens is 263 g/mol. The number of benzene rings is 1. The number of hydrogen-bond donors (Lipinski definition) is 2. The predicted octanol–water partition coefficient (Wildman–Crippen LogP) is -0.320. The van der Waals surface area contributed by atoms with Gasteiger partial charge in [0.2, 0.25) is 0 Å². The molecule has 0 aliphatic rings. The summed E-state index contributed by atoms with van der Waals surface area (Å²) in [6, 6.07) is 2.69. The van der Waals surface area contributed by atoms with Gasteiger partial charge in [-0.3, -0.25) is 9.11 Å². The maximum Gasteiger partial charge on any atom is 0.295 e. The zero-order valence-electron chi connectivity index (χ0n) is 7.15. The minimum atomic E-state index is -4.39. The van der Waals surface area contributed by atoms with Crippen LogP contribution in [0.5, 0.6) is 0 Å². The van der Waals surface area contributed by atoms with Gasteiger partial charge in [0, 0.05) is 0 Å². The maximum absolute atomic E-state index is 10.7. The lowest BCUT2D eigenvalue weighted by atomic mass is 10.4. The van der Waals surface area contributed by atoms with Crippen molar-refractivity contribution in [2.45, 2.75) is 9.79 Å². The first-order valence-corrected chi connectivity index (χ1v) is 6.92. The minimum Gasteiger partial charge on any atom is -0.282 e. The van der Waals surface area contributed by atoms with Crippen LogP contribution < -0.4 is 5.30 Å². The molecule has 1 aromatic carbocycles. The van der Waals surface area contributed by atoms with Crippen molar-refractivity contribution < 1.29 is 25.9 Å². The van der Waals surface area contributed by atoms with Gasteiger partial charge in [0.05, 0.1) is 4.90 Å². The van der Waals surface area contributed by atoms with Gasteiger partial charge in [-0.15, -0.1) is 9.24 Å². The lowest BCUT2D eigenvalue weighted by Crippen LogP contribution is -2.11. The fraction of sp³-hybridized carbons (Fsp3) is 0. The van der Waals surface area contributed by atoms with Crippen LogP contribution in [0.2, 0.25) is 0 Å². The molecule has 0 amide bonds.